The van der Waals surface area contributed by atoms with Crippen molar-refractivity contribution in [2.24, 2.45) is 17.4 Å². The van der Waals surface area contributed by atoms with Crippen LogP contribution in [0.25, 0.3) is 0 Å². The summed E-state index contributed by atoms with van der Waals surface area (Å²) in [4.78, 5) is 25.1. The van der Waals surface area contributed by atoms with E-state index in [2.05, 4.69) is 0 Å². The fourth-order valence-electron chi connectivity index (χ4n) is 2.54. The van der Waals surface area contributed by atoms with Crippen molar-refractivity contribution < 1.29 is 14.7 Å². The normalized spacial score (nSPS) is 27.6. The van der Waals surface area contributed by atoms with Crippen molar-refractivity contribution in [3.8, 4) is 0 Å². The number of carboxylic acid groups (broad SMARTS) is 1. The molecule has 6 nitrogen and oxygen atoms in total. The molecular formula is C12H24BN3O3. The molecule has 5 N–H and O–H groups in total. The van der Waals surface area contributed by atoms with E-state index in [1.807, 2.05) is 7.85 Å². The lowest BCUT2D eigenvalue weighted by atomic mass is 9.83. The second-order valence-electron chi connectivity index (χ2n) is 6.09. The predicted molar refractivity (Wildman–Crippen MR) is 75.5 cm³/mol. The molecule has 0 radical (unpaired) electrons. The van der Waals surface area contributed by atoms with Crippen LogP contribution in [0.3, 0.4) is 0 Å². The second kappa shape index (κ2) is 5.50. The Kier molecular flexibility index (Phi) is 4.63. The molecule has 1 amide bonds. The molecule has 0 unspecified atom stereocenters. The summed E-state index contributed by atoms with van der Waals surface area (Å²) in [6, 6.07) is 0. The van der Waals surface area contributed by atoms with Crippen LogP contribution in [-0.2, 0) is 9.59 Å². The van der Waals surface area contributed by atoms with E-state index in [9.17, 15) is 14.7 Å². The summed E-state index contributed by atoms with van der Waals surface area (Å²) in [5.74, 6) is -1.50. The molecule has 1 aliphatic rings. The van der Waals surface area contributed by atoms with Crippen LogP contribution in [0.5, 0.6) is 0 Å². The number of nitrogens with two attached hydrogens (primary N) is 2. The van der Waals surface area contributed by atoms with Crippen molar-refractivity contribution in [2.45, 2.75) is 44.1 Å². The lowest BCUT2D eigenvalue weighted by molar-refractivity contribution is -0.144. The molecular weight excluding hydrogens is 245 g/mol. The standard InChI is InChI=1S/C12H24BN3O3/c1-11(2,14)9(17)16-6-8(4-3-5-13)12(15,7-16)10(18)19/h8H,3-7,13-15H2,1-2H3,(H,18,19)/t8-,12-/m0/s1. The summed E-state index contributed by atoms with van der Waals surface area (Å²) >= 11 is 0. The number of carbonyl (C=O) groups is 2. The molecule has 0 aromatic carbocycles. The lowest BCUT2D eigenvalue weighted by Crippen LogP contribution is -2.56. The van der Waals surface area contributed by atoms with Crippen molar-refractivity contribution in [3.63, 3.8) is 0 Å². The van der Waals surface area contributed by atoms with Crippen molar-refractivity contribution in [3.05, 3.63) is 0 Å². The molecule has 1 rings (SSSR count). The Morgan fingerprint density at radius 1 is 1.53 bits per heavy atom. The van der Waals surface area contributed by atoms with Crippen LogP contribution in [0.2, 0.25) is 6.32 Å². The van der Waals surface area contributed by atoms with E-state index in [4.69, 9.17) is 11.5 Å². The van der Waals surface area contributed by atoms with Crippen LogP contribution < -0.4 is 11.5 Å². The quantitative estimate of drug-likeness (QED) is 0.543. The highest BCUT2D eigenvalue weighted by molar-refractivity contribution is 6.08. The van der Waals surface area contributed by atoms with Gasteiger partial charge in [0, 0.05) is 19.0 Å². The first-order valence-corrected chi connectivity index (χ1v) is 6.73. The Bertz CT molecular complexity index is 370. The highest BCUT2D eigenvalue weighted by Crippen LogP contribution is 2.31. The van der Waals surface area contributed by atoms with Gasteiger partial charge in [-0.1, -0.05) is 12.7 Å². The summed E-state index contributed by atoms with van der Waals surface area (Å²) < 4.78 is 0. The van der Waals surface area contributed by atoms with Gasteiger partial charge >= 0.3 is 5.97 Å². The maximum Gasteiger partial charge on any atom is 0.325 e. The van der Waals surface area contributed by atoms with E-state index in [1.165, 1.54) is 4.90 Å². The Labute approximate surface area is 114 Å². The third-order valence-corrected chi connectivity index (χ3v) is 3.76. The van der Waals surface area contributed by atoms with E-state index in [0.717, 1.165) is 12.7 Å². The number of aliphatic carboxylic acids is 1. The zero-order chi connectivity index (χ0) is 14.8. The smallest absolute Gasteiger partial charge is 0.325 e. The van der Waals surface area contributed by atoms with E-state index < -0.39 is 17.0 Å². The summed E-state index contributed by atoms with van der Waals surface area (Å²) in [6.45, 7) is 3.65. The van der Waals surface area contributed by atoms with E-state index >= 15 is 0 Å². The maximum absolute atomic E-state index is 12.1. The summed E-state index contributed by atoms with van der Waals surface area (Å²) in [6.07, 6.45) is 2.60. The van der Waals surface area contributed by atoms with Gasteiger partial charge in [-0.2, -0.15) is 0 Å². The summed E-state index contributed by atoms with van der Waals surface area (Å²) in [5, 5.41) is 9.35. The van der Waals surface area contributed by atoms with Crippen LogP contribution >= 0.6 is 0 Å². The molecule has 1 heterocycles. The minimum atomic E-state index is -1.35. The van der Waals surface area contributed by atoms with Crippen molar-refractivity contribution >= 4 is 19.7 Å². The summed E-state index contributed by atoms with van der Waals surface area (Å²) in [7, 11) is 2.04. The van der Waals surface area contributed by atoms with E-state index in [0.29, 0.717) is 13.0 Å². The first-order valence-electron chi connectivity index (χ1n) is 6.73. The van der Waals surface area contributed by atoms with Gasteiger partial charge in [0.1, 0.15) is 13.4 Å². The van der Waals surface area contributed by atoms with Gasteiger partial charge in [-0.3, -0.25) is 9.59 Å². The van der Waals surface area contributed by atoms with Gasteiger partial charge in [0.25, 0.3) is 0 Å². The van der Waals surface area contributed by atoms with Crippen LogP contribution in [-0.4, -0.2) is 53.9 Å². The van der Waals surface area contributed by atoms with Gasteiger partial charge in [-0.25, -0.2) is 0 Å². The van der Waals surface area contributed by atoms with Gasteiger partial charge in [-0.05, 0) is 20.3 Å². The van der Waals surface area contributed by atoms with Gasteiger partial charge in [0.2, 0.25) is 5.91 Å². The number of carbonyl (C=O) groups excluding carboxylic acids is 1. The molecule has 0 aliphatic carbocycles. The van der Waals surface area contributed by atoms with Crippen LogP contribution in [0.4, 0.5) is 0 Å². The fourth-order valence-corrected chi connectivity index (χ4v) is 2.54. The van der Waals surface area contributed by atoms with Crippen molar-refractivity contribution in [1.82, 2.24) is 4.90 Å². The van der Waals surface area contributed by atoms with Gasteiger partial charge in [0.15, 0.2) is 0 Å². The third kappa shape index (κ3) is 3.28. The minimum absolute atomic E-state index is 0.0379. The zero-order valence-corrected chi connectivity index (χ0v) is 12.0. The highest BCUT2D eigenvalue weighted by Gasteiger charge is 2.51. The molecule has 1 aliphatic heterocycles. The first-order chi connectivity index (χ1) is 8.63. The molecule has 0 aromatic rings. The van der Waals surface area contributed by atoms with Gasteiger partial charge in [-0.15, -0.1) is 0 Å². The number of hydrogen-bond acceptors (Lipinski definition) is 4. The predicted octanol–water partition coefficient (Wildman–Crippen LogP) is -1.20. The van der Waals surface area contributed by atoms with Crippen molar-refractivity contribution in [2.75, 3.05) is 13.1 Å². The molecule has 2 atom stereocenters. The number of amides is 1. The highest BCUT2D eigenvalue weighted by atomic mass is 16.4. The number of carboxylic acids is 1. The molecule has 0 spiro atoms. The molecule has 7 heteroatoms. The fraction of sp³-hybridized carbons (Fsp3) is 0.833. The third-order valence-electron chi connectivity index (χ3n) is 3.76. The Balaban J connectivity index is 2.88. The van der Waals surface area contributed by atoms with Gasteiger partial charge < -0.3 is 21.5 Å². The Morgan fingerprint density at radius 3 is 2.53 bits per heavy atom. The number of likely N-dealkylation sites (tertiary alicyclic amines) is 1. The number of hydrogen-bond donors (Lipinski definition) is 3. The average Bonchev–Trinajstić information content (AvgIpc) is 2.63. The molecule has 108 valence electrons. The molecule has 0 saturated carbocycles. The molecule has 0 aromatic heterocycles. The monoisotopic (exact) mass is 269 g/mol. The minimum Gasteiger partial charge on any atom is -0.480 e. The number of nitrogens with zero attached hydrogens (tertiary/aromatic N) is 1. The molecule has 1 fully saturated rings. The molecule has 19 heavy (non-hydrogen) atoms. The Hall–Kier alpha value is -1.08. The van der Waals surface area contributed by atoms with Gasteiger partial charge in [0.05, 0.1) is 5.54 Å². The molecule has 0 bridgehead atoms. The Morgan fingerprint density at radius 2 is 2.11 bits per heavy atom. The van der Waals surface area contributed by atoms with Crippen LogP contribution in [0.1, 0.15) is 26.7 Å². The van der Waals surface area contributed by atoms with Crippen molar-refractivity contribution in [1.29, 1.82) is 0 Å². The second-order valence-corrected chi connectivity index (χ2v) is 6.09. The average molecular weight is 269 g/mol. The van der Waals surface area contributed by atoms with E-state index in [1.54, 1.807) is 13.8 Å². The largest absolute Gasteiger partial charge is 0.480 e. The SMILES string of the molecule is BCCC[C@H]1CN(C(=O)C(C)(C)N)C[C@@]1(N)C(=O)O. The molecule has 1 saturated heterocycles. The van der Waals surface area contributed by atoms with E-state index in [-0.39, 0.29) is 18.4 Å². The number of rotatable bonds is 5. The topological polar surface area (TPSA) is 110 Å². The zero-order valence-electron chi connectivity index (χ0n) is 12.0. The first kappa shape index (κ1) is 16.0. The lowest BCUT2D eigenvalue weighted by Gasteiger charge is -2.27. The van der Waals surface area contributed by atoms with Crippen LogP contribution in [0, 0.1) is 5.92 Å². The van der Waals surface area contributed by atoms with Crippen LogP contribution in [0.15, 0.2) is 0 Å². The maximum atomic E-state index is 12.1. The summed E-state index contributed by atoms with van der Waals surface area (Å²) in [5.41, 5.74) is 9.46.